The zero-order valence-electron chi connectivity index (χ0n) is 7.46. The van der Waals surface area contributed by atoms with Gasteiger partial charge < -0.3 is 10.2 Å². The van der Waals surface area contributed by atoms with Gasteiger partial charge in [0.05, 0.1) is 12.1 Å². The third-order valence-corrected chi connectivity index (χ3v) is 1.70. The number of aliphatic hydroxyl groups is 2. The van der Waals surface area contributed by atoms with Crippen molar-refractivity contribution in [1.29, 1.82) is 0 Å². The maximum Gasteiger partial charge on any atom is 0.298 e. The Bertz CT molecular complexity index is 207. The first-order chi connectivity index (χ1) is 5.25. The molecule has 1 heterocycles. The van der Waals surface area contributed by atoms with Gasteiger partial charge in [0, 0.05) is 0 Å². The fourth-order valence-electron chi connectivity index (χ4n) is 1.06. The van der Waals surface area contributed by atoms with Gasteiger partial charge in [0.25, 0.3) is 11.7 Å². The predicted octanol–water partition coefficient (Wildman–Crippen LogP) is -1.19. The van der Waals surface area contributed by atoms with Crippen LogP contribution in [0.15, 0.2) is 0 Å². The topological polar surface area (TPSA) is 72.8 Å². The van der Waals surface area contributed by atoms with Crippen LogP contribution in [0, 0.1) is 0 Å². The predicted molar refractivity (Wildman–Crippen MR) is 41.8 cm³/mol. The first-order valence-corrected chi connectivity index (χ1v) is 3.78. The van der Waals surface area contributed by atoms with Gasteiger partial charge in [-0.2, -0.15) is 0 Å². The van der Waals surface area contributed by atoms with E-state index in [-0.39, 0.29) is 6.54 Å². The molecule has 0 aliphatic carbocycles. The standard InChI is InChI=1S/C7H14N2O3/c1-6(2,3)9-5(10)7(11,12)4-8-9/h8,11-12H,4H2,1-3H3. The van der Waals surface area contributed by atoms with Crippen LogP contribution in [0.3, 0.4) is 0 Å². The average Bonchev–Trinajstić information content (AvgIpc) is 2.06. The molecule has 0 aromatic heterocycles. The van der Waals surface area contributed by atoms with E-state index in [4.69, 9.17) is 10.2 Å². The van der Waals surface area contributed by atoms with E-state index in [9.17, 15) is 4.79 Å². The van der Waals surface area contributed by atoms with Crippen molar-refractivity contribution in [2.45, 2.75) is 32.1 Å². The summed E-state index contributed by atoms with van der Waals surface area (Å²) in [6, 6.07) is 0. The molecule has 0 radical (unpaired) electrons. The molecule has 70 valence electrons. The fourth-order valence-corrected chi connectivity index (χ4v) is 1.06. The summed E-state index contributed by atoms with van der Waals surface area (Å²) < 4.78 is 0. The molecule has 5 nitrogen and oxygen atoms in total. The molecule has 0 atom stereocenters. The maximum absolute atomic E-state index is 11.2. The molecule has 0 aromatic rings. The van der Waals surface area contributed by atoms with Gasteiger partial charge >= 0.3 is 0 Å². The Kier molecular flexibility index (Phi) is 1.90. The summed E-state index contributed by atoms with van der Waals surface area (Å²) >= 11 is 0. The quantitative estimate of drug-likeness (QED) is 0.404. The molecule has 3 N–H and O–H groups in total. The van der Waals surface area contributed by atoms with Gasteiger partial charge in [-0.15, -0.1) is 0 Å². The second kappa shape index (κ2) is 2.42. The maximum atomic E-state index is 11.2. The summed E-state index contributed by atoms with van der Waals surface area (Å²) in [5, 5.41) is 19.4. The molecule has 1 aliphatic rings. The van der Waals surface area contributed by atoms with Gasteiger partial charge in [-0.25, -0.2) is 5.43 Å². The lowest BCUT2D eigenvalue weighted by Gasteiger charge is -2.31. The van der Waals surface area contributed by atoms with Crippen LogP contribution >= 0.6 is 0 Å². The van der Waals surface area contributed by atoms with Gasteiger partial charge in [0.15, 0.2) is 0 Å². The summed E-state index contributed by atoms with van der Waals surface area (Å²) in [5.74, 6) is -2.94. The van der Waals surface area contributed by atoms with Crippen LogP contribution in [0.2, 0.25) is 0 Å². The molecule has 0 spiro atoms. The minimum atomic E-state index is -2.24. The first-order valence-electron chi connectivity index (χ1n) is 3.78. The number of amides is 1. The molecular formula is C7H14N2O3. The van der Waals surface area contributed by atoms with Gasteiger partial charge in [-0.05, 0) is 20.8 Å². The smallest absolute Gasteiger partial charge is 0.298 e. The lowest BCUT2D eigenvalue weighted by Crippen LogP contribution is -2.50. The van der Waals surface area contributed by atoms with Crippen LogP contribution in [0.4, 0.5) is 0 Å². The molecule has 0 saturated carbocycles. The van der Waals surface area contributed by atoms with Crippen LogP contribution in [-0.2, 0) is 4.79 Å². The molecule has 1 amide bonds. The highest BCUT2D eigenvalue weighted by Gasteiger charge is 2.47. The largest absolute Gasteiger partial charge is 0.357 e. The monoisotopic (exact) mass is 174 g/mol. The third-order valence-electron chi connectivity index (χ3n) is 1.70. The Morgan fingerprint density at radius 1 is 1.50 bits per heavy atom. The van der Waals surface area contributed by atoms with Crippen molar-refractivity contribution in [3.63, 3.8) is 0 Å². The molecule has 1 aliphatic heterocycles. The Balaban J connectivity index is 2.82. The number of β-amino-alcohol motifs (C(OH)–C–C–N with tert-alkyl or cyclic N) is 2. The second-order valence-electron chi connectivity index (χ2n) is 3.96. The molecule has 1 saturated heterocycles. The molecular weight excluding hydrogens is 160 g/mol. The van der Waals surface area contributed by atoms with Crippen molar-refractivity contribution in [1.82, 2.24) is 10.4 Å². The molecule has 1 fully saturated rings. The SMILES string of the molecule is CC(C)(C)N1NCC(O)(O)C1=O. The highest BCUT2D eigenvalue weighted by atomic mass is 16.5. The number of hydrogen-bond donors (Lipinski definition) is 3. The van der Waals surface area contributed by atoms with E-state index >= 15 is 0 Å². The van der Waals surface area contributed by atoms with E-state index in [0.29, 0.717) is 0 Å². The number of nitrogens with zero attached hydrogens (tertiary/aromatic N) is 1. The Hall–Kier alpha value is -0.650. The highest BCUT2D eigenvalue weighted by molar-refractivity contribution is 5.85. The molecule has 0 unspecified atom stereocenters. The van der Waals surface area contributed by atoms with E-state index in [1.807, 2.05) is 0 Å². The third kappa shape index (κ3) is 1.43. The van der Waals surface area contributed by atoms with Crippen molar-refractivity contribution in [3.05, 3.63) is 0 Å². The second-order valence-corrected chi connectivity index (χ2v) is 3.96. The average molecular weight is 174 g/mol. The van der Waals surface area contributed by atoms with Gasteiger partial charge in [0.1, 0.15) is 0 Å². The van der Waals surface area contributed by atoms with Crippen LogP contribution in [0.1, 0.15) is 20.8 Å². The van der Waals surface area contributed by atoms with Crippen LogP contribution in [-0.4, -0.2) is 39.0 Å². The minimum Gasteiger partial charge on any atom is -0.357 e. The zero-order valence-corrected chi connectivity index (χ0v) is 7.46. The number of carbonyl (C=O) groups is 1. The lowest BCUT2D eigenvalue weighted by molar-refractivity contribution is -0.180. The fraction of sp³-hybridized carbons (Fsp3) is 0.857. The highest BCUT2D eigenvalue weighted by Crippen LogP contribution is 2.19. The first kappa shape index (κ1) is 9.44. The lowest BCUT2D eigenvalue weighted by atomic mass is 10.1. The van der Waals surface area contributed by atoms with Crippen molar-refractivity contribution in [3.8, 4) is 0 Å². The van der Waals surface area contributed by atoms with Crippen LogP contribution in [0.5, 0.6) is 0 Å². The minimum absolute atomic E-state index is 0.150. The van der Waals surface area contributed by atoms with Crippen molar-refractivity contribution >= 4 is 5.91 Å². The van der Waals surface area contributed by atoms with Crippen LogP contribution < -0.4 is 5.43 Å². The van der Waals surface area contributed by atoms with E-state index in [1.165, 1.54) is 5.01 Å². The molecule has 1 rings (SSSR count). The normalized spacial score (nSPS) is 23.4. The number of hydrogen-bond acceptors (Lipinski definition) is 4. The van der Waals surface area contributed by atoms with E-state index < -0.39 is 17.2 Å². The Morgan fingerprint density at radius 2 is 2.00 bits per heavy atom. The summed E-state index contributed by atoms with van der Waals surface area (Å²) in [6.07, 6.45) is 0. The number of nitrogens with one attached hydrogen (secondary N) is 1. The van der Waals surface area contributed by atoms with Gasteiger partial charge in [-0.1, -0.05) is 0 Å². The molecule has 0 aromatic carbocycles. The number of carbonyl (C=O) groups excluding carboxylic acids is 1. The van der Waals surface area contributed by atoms with E-state index in [1.54, 1.807) is 20.8 Å². The van der Waals surface area contributed by atoms with Crippen molar-refractivity contribution in [2.24, 2.45) is 0 Å². The van der Waals surface area contributed by atoms with Crippen LogP contribution in [0.25, 0.3) is 0 Å². The summed E-state index contributed by atoms with van der Waals surface area (Å²) in [6.45, 7) is 5.26. The Morgan fingerprint density at radius 3 is 2.17 bits per heavy atom. The van der Waals surface area contributed by atoms with Crippen molar-refractivity contribution in [2.75, 3.05) is 6.54 Å². The molecule has 0 bridgehead atoms. The van der Waals surface area contributed by atoms with Gasteiger partial charge in [-0.3, -0.25) is 9.80 Å². The summed E-state index contributed by atoms with van der Waals surface area (Å²) in [7, 11) is 0. The Labute approximate surface area is 71.0 Å². The van der Waals surface area contributed by atoms with E-state index in [0.717, 1.165) is 0 Å². The van der Waals surface area contributed by atoms with Crippen molar-refractivity contribution < 1.29 is 15.0 Å². The number of hydrazine groups is 1. The molecule has 5 heteroatoms. The summed E-state index contributed by atoms with van der Waals surface area (Å²) in [5.41, 5.74) is 2.18. The van der Waals surface area contributed by atoms with Gasteiger partial charge in [0.2, 0.25) is 0 Å². The summed E-state index contributed by atoms with van der Waals surface area (Å²) in [4.78, 5) is 11.2. The molecule has 12 heavy (non-hydrogen) atoms. The zero-order chi connectivity index (χ0) is 9.57. The van der Waals surface area contributed by atoms with E-state index in [2.05, 4.69) is 5.43 Å². The number of rotatable bonds is 0.